The average molecular weight is 637 g/mol. The molecule has 0 aromatic heterocycles. The number of alkyl halides is 2. The SMILES string of the molecule is CCCCCCCCCCCCN(CCOC(=O)C(C)I)CCOC(=O)C(C)I. The van der Waals surface area contributed by atoms with E-state index in [-0.39, 0.29) is 19.8 Å². The topological polar surface area (TPSA) is 55.8 Å². The first kappa shape index (κ1) is 29.4. The molecule has 0 N–H and O–H groups in total. The highest BCUT2D eigenvalue weighted by molar-refractivity contribution is 14.1. The van der Waals surface area contributed by atoms with Crippen LogP contribution in [0.4, 0.5) is 0 Å². The molecule has 0 aliphatic carbocycles. The van der Waals surface area contributed by atoms with E-state index in [0.29, 0.717) is 26.3 Å². The third-order valence-corrected chi connectivity index (χ3v) is 5.80. The van der Waals surface area contributed by atoms with Crippen molar-refractivity contribution >= 4 is 57.1 Å². The Morgan fingerprint density at radius 1 is 0.690 bits per heavy atom. The van der Waals surface area contributed by atoms with Crippen molar-refractivity contribution in [3.8, 4) is 0 Å². The molecule has 2 unspecified atom stereocenters. The van der Waals surface area contributed by atoms with Crippen molar-refractivity contribution in [3.63, 3.8) is 0 Å². The highest BCUT2D eigenvalue weighted by atomic mass is 127. The fourth-order valence-electron chi connectivity index (χ4n) is 2.94. The lowest BCUT2D eigenvalue weighted by Gasteiger charge is -2.22. The van der Waals surface area contributed by atoms with Crippen LogP contribution < -0.4 is 0 Å². The molecule has 0 spiro atoms. The Labute approximate surface area is 205 Å². The standard InChI is InChI=1S/C22H41I2NO4/c1-4-5-6-7-8-9-10-11-12-13-14-25(15-17-28-21(26)19(2)23)16-18-29-22(27)20(3)24/h19-20H,4-18H2,1-3H3. The zero-order valence-electron chi connectivity index (χ0n) is 18.6. The summed E-state index contributed by atoms with van der Waals surface area (Å²) in [6, 6.07) is 0. The number of esters is 2. The third-order valence-electron chi connectivity index (χ3n) is 4.78. The first-order chi connectivity index (χ1) is 13.9. The maximum atomic E-state index is 11.6. The van der Waals surface area contributed by atoms with Gasteiger partial charge < -0.3 is 9.47 Å². The molecule has 29 heavy (non-hydrogen) atoms. The van der Waals surface area contributed by atoms with Crippen molar-refractivity contribution in [1.29, 1.82) is 0 Å². The molecule has 0 aliphatic rings. The minimum absolute atomic E-state index is 0.130. The number of halogens is 2. The Kier molecular flexibility index (Phi) is 20.5. The van der Waals surface area contributed by atoms with Crippen LogP contribution in [0.3, 0.4) is 0 Å². The van der Waals surface area contributed by atoms with Crippen molar-refractivity contribution in [2.45, 2.75) is 92.8 Å². The number of hydrogen-bond acceptors (Lipinski definition) is 5. The maximum absolute atomic E-state index is 11.6. The van der Waals surface area contributed by atoms with Gasteiger partial charge in [-0.05, 0) is 26.8 Å². The predicted octanol–water partition coefficient (Wildman–Crippen LogP) is 5.94. The van der Waals surface area contributed by atoms with Gasteiger partial charge in [0.25, 0.3) is 0 Å². The van der Waals surface area contributed by atoms with Crippen LogP contribution in [-0.2, 0) is 19.1 Å². The van der Waals surface area contributed by atoms with Crippen molar-refractivity contribution in [3.05, 3.63) is 0 Å². The van der Waals surface area contributed by atoms with E-state index in [2.05, 4.69) is 57.0 Å². The number of rotatable bonds is 19. The van der Waals surface area contributed by atoms with Crippen LogP contribution in [-0.4, -0.2) is 57.5 Å². The van der Waals surface area contributed by atoms with Crippen LogP contribution in [0.2, 0.25) is 0 Å². The molecule has 0 amide bonds. The lowest BCUT2D eigenvalue weighted by atomic mass is 10.1. The zero-order valence-corrected chi connectivity index (χ0v) is 22.9. The van der Waals surface area contributed by atoms with Crippen LogP contribution in [0.1, 0.15) is 85.0 Å². The van der Waals surface area contributed by atoms with E-state index in [1.807, 2.05) is 13.8 Å². The lowest BCUT2D eigenvalue weighted by Crippen LogP contribution is -2.34. The molecule has 0 saturated heterocycles. The summed E-state index contributed by atoms with van der Waals surface area (Å²) in [4.78, 5) is 25.5. The summed E-state index contributed by atoms with van der Waals surface area (Å²) in [6.07, 6.45) is 13.1. The first-order valence-corrected chi connectivity index (χ1v) is 13.7. The fourth-order valence-corrected chi connectivity index (χ4v) is 3.30. The van der Waals surface area contributed by atoms with Gasteiger partial charge >= 0.3 is 11.9 Å². The van der Waals surface area contributed by atoms with Gasteiger partial charge in [-0.15, -0.1) is 0 Å². The van der Waals surface area contributed by atoms with Gasteiger partial charge in [0.1, 0.15) is 21.1 Å². The molecule has 0 radical (unpaired) electrons. The molecule has 172 valence electrons. The Morgan fingerprint density at radius 2 is 1.07 bits per heavy atom. The summed E-state index contributed by atoms with van der Waals surface area (Å²) in [5.74, 6) is -0.343. The summed E-state index contributed by atoms with van der Waals surface area (Å²) < 4.78 is 10.3. The maximum Gasteiger partial charge on any atom is 0.318 e. The average Bonchev–Trinajstić information content (AvgIpc) is 2.68. The van der Waals surface area contributed by atoms with Crippen molar-refractivity contribution in [1.82, 2.24) is 4.90 Å². The van der Waals surface area contributed by atoms with E-state index in [4.69, 9.17) is 9.47 Å². The quantitative estimate of drug-likeness (QED) is 0.0760. The van der Waals surface area contributed by atoms with Gasteiger partial charge in [-0.1, -0.05) is 110 Å². The second-order valence-corrected chi connectivity index (χ2v) is 11.3. The molecule has 0 aromatic rings. The Morgan fingerprint density at radius 3 is 1.45 bits per heavy atom. The number of carbonyl (C=O) groups is 2. The molecule has 0 bridgehead atoms. The van der Waals surface area contributed by atoms with E-state index in [1.165, 1.54) is 57.8 Å². The highest BCUT2D eigenvalue weighted by Crippen LogP contribution is 2.11. The Balaban J connectivity index is 4.00. The predicted molar refractivity (Wildman–Crippen MR) is 137 cm³/mol. The summed E-state index contributed by atoms with van der Waals surface area (Å²) in [7, 11) is 0. The van der Waals surface area contributed by atoms with Crippen LogP contribution >= 0.6 is 45.2 Å². The second-order valence-electron chi connectivity index (χ2n) is 7.59. The van der Waals surface area contributed by atoms with Crippen molar-refractivity contribution < 1.29 is 19.1 Å². The van der Waals surface area contributed by atoms with Gasteiger partial charge in [0.15, 0.2) is 0 Å². The Hall–Kier alpha value is 0.360. The number of unbranched alkanes of at least 4 members (excludes halogenated alkanes) is 9. The number of ether oxygens (including phenoxy) is 2. The van der Waals surface area contributed by atoms with Gasteiger partial charge in [-0.3, -0.25) is 14.5 Å². The van der Waals surface area contributed by atoms with Crippen molar-refractivity contribution in [2.75, 3.05) is 32.8 Å². The fraction of sp³-hybridized carbons (Fsp3) is 0.909. The second kappa shape index (κ2) is 20.3. The van der Waals surface area contributed by atoms with Gasteiger partial charge in [0.05, 0.1) is 0 Å². The van der Waals surface area contributed by atoms with Gasteiger partial charge in [-0.25, -0.2) is 0 Å². The van der Waals surface area contributed by atoms with Crippen molar-refractivity contribution in [2.24, 2.45) is 0 Å². The normalized spacial score (nSPS) is 13.3. The number of nitrogens with zero attached hydrogens (tertiary/aromatic N) is 1. The lowest BCUT2D eigenvalue weighted by molar-refractivity contribution is -0.143. The molecular formula is C22H41I2NO4. The van der Waals surface area contributed by atoms with E-state index in [9.17, 15) is 9.59 Å². The van der Waals surface area contributed by atoms with Gasteiger partial charge in [-0.2, -0.15) is 0 Å². The highest BCUT2D eigenvalue weighted by Gasteiger charge is 2.13. The molecule has 0 aromatic carbocycles. The first-order valence-electron chi connectivity index (χ1n) is 11.2. The molecule has 0 rings (SSSR count). The molecule has 0 heterocycles. The Bertz CT molecular complexity index is 394. The largest absolute Gasteiger partial charge is 0.464 e. The van der Waals surface area contributed by atoms with E-state index in [1.54, 1.807) is 0 Å². The number of hydrogen-bond donors (Lipinski definition) is 0. The summed E-state index contributed by atoms with van der Waals surface area (Å²) in [5.41, 5.74) is 0. The molecule has 7 heteroatoms. The van der Waals surface area contributed by atoms with Crippen LogP contribution in [0, 0.1) is 0 Å². The summed E-state index contributed by atoms with van der Waals surface area (Å²) in [5, 5.41) is 0. The third kappa shape index (κ3) is 18.8. The molecule has 0 aliphatic heterocycles. The molecular weight excluding hydrogens is 596 g/mol. The molecule has 5 nitrogen and oxygen atoms in total. The smallest absolute Gasteiger partial charge is 0.318 e. The zero-order chi connectivity index (χ0) is 21.9. The monoisotopic (exact) mass is 637 g/mol. The molecule has 2 atom stereocenters. The van der Waals surface area contributed by atoms with E-state index < -0.39 is 0 Å². The van der Waals surface area contributed by atoms with Crippen LogP contribution in [0.5, 0.6) is 0 Å². The van der Waals surface area contributed by atoms with Crippen LogP contribution in [0.15, 0.2) is 0 Å². The minimum Gasteiger partial charge on any atom is -0.464 e. The van der Waals surface area contributed by atoms with Gasteiger partial charge in [0, 0.05) is 13.1 Å². The molecule has 0 fully saturated rings. The molecule has 0 saturated carbocycles. The minimum atomic E-state index is -0.172. The summed E-state index contributed by atoms with van der Waals surface area (Å²) in [6.45, 7) is 9.01. The van der Waals surface area contributed by atoms with Crippen LogP contribution in [0.25, 0.3) is 0 Å². The summed E-state index contributed by atoms with van der Waals surface area (Å²) >= 11 is 4.13. The van der Waals surface area contributed by atoms with E-state index >= 15 is 0 Å². The van der Waals surface area contributed by atoms with Gasteiger partial charge in [0.2, 0.25) is 0 Å². The number of carbonyl (C=O) groups excluding carboxylic acids is 2. The van der Waals surface area contributed by atoms with E-state index in [0.717, 1.165) is 13.0 Å².